The van der Waals surface area contributed by atoms with Crippen LogP contribution in [0.1, 0.15) is 27.2 Å². The molecule has 0 radical (unpaired) electrons. The maximum absolute atomic E-state index is 12.5. The van der Waals surface area contributed by atoms with Gasteiger partial charge < -0.3 is 9.84 Å². The topological polar surface area (TPSA) is 110 Å². The zero-order valence-electron chi connectivity index (χ0n) is 18.2. The van der Waals surface area contributed by atoms with E-state index in [1.807, 2.05) is 63.2 Å². The highest BCUT2D eigenvalue weighted by Gasteiger charge is 2.17. The lowest BCUT2D eigenvalue weighted by Crippen LogP contribution is -2.15. The minimum atomic E-state index is -0.448. The van der Waals surface area contributed by atoms with E-state index in [1.54, 1.807) is 6.07 Å². The van der Waals surface area contributed by atoms with Crippen LogP contribution < -0.4 is 10.6 Å². The smallest absolute Gasteiger partial charge is 0.279 e. The Kier molecular flexibility index (Phi) is 6.85. The second-order valence-corrected chi connectivity index (χ2v) is 9.58. The van der Waals surface area contributed by atoms with Crippen molar-refractivity contribution < 1.29 is 14.1 Å². The van der Waals surface area contributed by atoms with Crippen molar-refractivity contribution in [2.75, 3.05) is 16.4 Å². The van der Waals surface area contributed by atoms with Gasteiger partial charge in [0, 0.05) is 17.3 Å². The Labute approximate surface area is 198 Å². The number of benzene rings is 2. The summed E-state index contributed by atoms with van der Waals surface area (Å²) in [7, 11) is 0. The number of carbonyl (C=O) groups is 2. The van der Waals surface area contributed by atoms with Gasteiger partial charge in [-0.3, -0.25) is 14.9 Å². The fourth-order valence-corrected chi connectivity index (χ4v) is 4.83. The molecule has 0 aliphatic rings. The SMILES string of the molecule is Cc1cc(C)c(NC(=O)CSc2nnc(NC(=O)c3cc(-c4ccccc4)on3)s2)c(C)c1. The van der Waals surface area contributed by atoms with Crippen LogP contribution in [0.2, 0.25) is 0 Å². The van der Waals surface area contributed by atoms with Crippen molar-refractivity contribution in [3.8, 4) is 11.3 Å². The summed E-state index contributed by atoms with van der Waals surface area (Å²) >= 11 is 2.44. The third-order valence-corrected chi connectivity index (χ3v) is 6.67. The van der Waals surface area contributed by atoms with Gasteiger partial charge in [-0.1, -0.05) is 76.3 Å². The zero-order valence-corrected chi connectivity index (χ0v) is 19.8. The van der Waals surface area contributed by atoms with Gasteiger partial charge in [0.1, 0.15) is 0 Å². The van der Waals surface area contributed by atoms with E-state index >= 15 is 0 Å². The molecule has 0 fully saturated rings. The Morgan fingerprint density at radius 1 is 1.00 bits per heavy atom. The average molecular weight is 480 g/mol. The van der Waals surface area contributed by atoms with Gasteiger partial charge in [-0.25, -0.2) is 0 Å². The first-order valence-corrected chi connectivity index (χ1v) is 11.9. The Morgan fingerprint density at radius 3 is 2.45 bits per heavy atom. The van der Waals surface area contributed by atoms with E-state index < -0.39 is 5.91 Å². The summed E-state index contributed by atoms with van der Waals surface area (Å²) in [5, 5.41) is 17.8. The number of thioether (sulfide) groups is 1. The third-order valence-electron chi connectivity index (χ3n) is 4.70. The van der Waals surface area contributed by atoms with Gasteiger partial charge in [-0.15, -0.1) is 10.2 Å². The number of hydrogen-bond acceptors (Lipinski definition) is 8. The molecule has 0 bridgehead atoms. The number of nitrogens with zero attached hydrogens (tertiary/aromatic N) is 3. The summed E-state index contributed by atoms with van der Waals surface area (Å²) in [6.45, 7) is 5.97. The predicted octanol–water partition coefficient (Wildman–Crippen LogP) is 5.10. The lowest BCUT2D eigenvalue weighted by atomic mass is 10.1. The maximum Gasteiger partial charge on any atom is 0.279 e. The van der Waals surface area contributed by atoms with Crippen LogP contribution in [0.25, 0.3) is 11.3 Å². The molecule has 0 saturated heterocycles. The number of amides is 2. The summed E-state index contributed by atoms with van der Waals surface area (Å²) in [6.07, 6.45) is 0. The first-order valence-electron chi connectivity index (χ1n) is 10.1. The van der Waals surface area contributed by atoms with Crippen molar-refractivity contribution in [2.45, 2.75) is 25.1 Å². The van der Waals surface area contributed by atoms with Crippen LogP contribution in [0.5, 0.6) is 0 Å². The summed E-state index contributed by atoms with van der Waals surface area (Å²) < 4.78 is 5.83. The molecule has 4 aromatic rings. The van der Waals surface area contributed by atoms with Crippen molar-refractivity contribution >= 4 is 45.7 Å². The molecule has 2 heterocycles. The lowest BCUT2D eigenvalue weighted by Gasteiger charge is -2.12. The van der Waals surface area contributed by atoms with Crippen LogP contribution in [-0.2, 0) is 4.79 Å². The average Bonchev–Trinajstić information content (AvgIpc) is 3.45. The fraction of sp³-hybridized carbons (Fsp3) is 0.174. The zero-order chi connectivity index (χ0) is 23.4. The monoisotopic (exact) mass is 479 g/mol. The minimum Gasteiger partial charge on any atom is -0.355 e. The number of anilines is 2. The molecule has 0 atom stereocenters. The predicted molar refractivity (Wildman–Crippen MR) is 130 cm³/mol. The molecule has 2 N–H and O–H groups in total. The molecule has 2 aromatic carbocycles. The van der Waals surface area contributed by atoms with Gasteiger partial charge in [-0.05, 0) is 31.9 Å². The molecule has 0 unspecified atom stereocenters. The van der Waals surface area contributed by atoms with Gasteiger partial charge in [0.15, 0.2) is 15.8 Å². The molecule has 2 aromatic heterocycles. The molecule has 0 aliphatic carbocycles. The summed E-state index contributed by atoms with van der Waals surface area (Å²) in [6, 6.07) is 15.0. The van der Waals surface area contributed by atoms with Crippen LogP contribution in [0.4, 0.5) is 10.8 Å². The number of nitrogens with one attached hydrogen (secondary N) is 2. The quantitative estimate of drug-likeness (QED) is 0.280. The van der Waals surface area contributed by atoms with Crippen LogP contribution in [0.3, 0.4) is 0 Å². The third kappa shape index (κ3) is 5.65. The van der Waals surface area contributed by atoms with E-state index in [-0.39, 0.29) is 17.4 Å². The highest BCUT2D eigenvalue weighted by atomic mass is 32.2. The number of carbonyl (C=O) groups excluding carboxylic acids is 2. The van der Waals surface area contributed by atoms with E-state index in [9.17, 15) is 9.59 Å². The molecule has 0 spiro atoms. The van der Waals surface area contributed by atoms with Crippen LogP contribution in [0.15, 0.2) is 57.4 Å². The molecular formula is C23H21N5O3S2. The van der Waals surface area contributed by atoms with Crippen molar-refractivity contribution in [3.63, 3.8) is 0 Å². The Hall–Kier alpha value is -3.50. The van der Waals surface area contributed by atoms with Gasteiger partial charge in [0.25, 0.3) is 5.91 Å². The largest absolute Gasteiger partial charge is 0.355 e. The van der Waals surface area contributed by atoms with Gasteiger partial charge in [0.2, 0.25) is 11.0 Å². The Bertz CT molecular complexity index is 1280. The molecule has 168 valence electrons. The van der Waals surface area contributed by atoms with Crippen molar-refractivity contribution in [1.82, 2.24) is 15.4 Å². The number of rotatable bonds is 7. The molecule has 0 aliphatic heterocycles. The fourth-order valence-electron chi connectivity index (χ4n) is 3.28. The summed E-state index contributed by atoms with van der Waals surface area (Å²) in [5.41, 5.74) is 5.00. The summed E-state index contributed by atoms with van der Waals surface area (Å²) in [4.78, 5) is 24.9. The molecule has 10 heteroatoms. The van der Waals surface area contributed by atoms with Crippen molar-refractivity contribution in [1.29, 1.82) is 0 Å². The van der Waals surface area contributed by atoms with Gasteiger partial charge in [-0.2, -0.15) is 0 Å². The normalized spacial score (nSPS) is 10.8. The van der Waals surface area contributed by atoms with Gasteiger partial charge >= 0.3 is 0 Å². The van der Waals surface area contributed by atoms with E-state index in [0.29, 0.717) is 15.2 Å². The number of hydrogen-bond donors (Lipinski definition) is 2. The van der Waals surface area contributed by atoms with Crippen molar-refractivity contribution in [3.05, 3.63) is 70.9 Å². The first kappa shape index (κ1) is 22.7. The molecule has 2 amide bonds. The molecule has 0 saturated carbocycles. The molecule has 4 rings (SSSR count). The van der Waals surface area contributed by atoms with E-state index in [0.717, 1.165) is 27.9 Å². The minimum absolute atomic E-state index is 0.133. The number of aryl methyl sites for hydroxylation is 3. The van der Waals surface area contributed by atoms with E-state index in [2.05, 4.69) is 26.0 Å². The molecular weight excluding hydrogens is 458 g/mol. The van der Waals surface area contributed by atoms with Crippen molar-refractivity contribution in [2.24, 2.45) is 0 Å². The van der Waals surface area contributed by atoms with E-state index in [1.165, 1.54) is 23.1 Å². The molecule has 33 heavy (non-hydrogen) atoms. The Morgan fingerprint density at radius 2 is 1.73 bits per heavy atom. The second-order valence-electron chi connectivity index (χ2n) is 7.38. The number of aromatic nitrogens is 3. The van der Waals surface area contributed by atoms with Crippen LogP contribution in [0, 0.1) is 20.8 Å². The highest BCUT2D eigenvalue weighted by Crippen LogP contribution is 2.27. The first-order chi connectivity index (χ1) is 15.9. The van der Waals surface area contributed by atoms with E-state index in [4.69, 9.17) is 4.52 Å². The lowest BCUT2D eigenvalue weighted by molar-refractivity contribution is -0.113. The molecule has 8 nitrogen and oxygen atoms in total. The maximum atomic E-state index is 12.5. The standard InChI is InChI=1S/C23H21N5O3S2/c1-13-9-14(2)20(15(3)10-13)24-19(29)12-32-23-27-26-22(33-23)25-21(30)17-11-18(31-28-17)16-7-5-4-6-8-16/h4-11H,12H2,1-3H3,(H,24,29)(H,25,26,30). The van der Waals surface area contributed by atoms with Crippen LogP contribution >= 0.6 is 23.1 Å². The van der Waals surface area contributed by atoms with Crippen LogP contribution in [-0.4, -0.2) is 32.9 Å². The Balaban J connectivity index is 1.32. The highest BCUT2D eigenvalue weighted by molar-refractivity contribution is 8.01. The summed E-state index contributed by atoms with van der Waals surface area (Å²) in [5.74, 6) is 0.0990. The second kappa shape index (κ2) is 9.97. The van der Waals surface area contributed by atoms with Gasteiger partial charge in [0.05, 0.1) is 5.75 Å².